The molecule has 1 saturated carbocycles. The summed E-state index contributed by atoms with van der Waals surface area (Å²) in [5, 5.41) is 0.0584. The van der Waals surface area contributed by atoms with E-state index in [1.165, 1.54) is 0 Å². The molecule has 0 amide bonds. The molecule has 1 aromatic carbocycles. The number of hydrogen-bond donors (Lipinski definition) is 2. The van der Waals surface area contributed by atoms with Crippen molar-refractivity contribution in [3.8, 4) is 0 Å². The van der Waals surface area contributed by atoms with Crippen molar-refractivity contribution >= 4 is 43.2 Å². The molecule has 3 N–H and O–H groups in total. The molecule has 0 spiro atoms. The summed E-state index contributed by atoms with van der Waals surface area (Å²) in [6, 6.07) is 1.08. The quantitative estimate of drug-likeness (QED) is 0.599. The van der Waals surface area contributed by atoms with Crippen molar-refractivity contribution in [1.82, 2.24) is 4.72 Å². The summed E-state index contributed by atoms with van der Waals surface area (Å²) in [5.41, 5.74) is 4.68. The highest BCUT2D eigenvalue weighted by molar-refractivity contribution is 9.10. The van der Waals surface area contributed by atoms with Gasteiger partial charge in [0, 0.05) is 5.54 Å². The van der Waals surface area contributed by atoms with Crippen molar-refractivity contribution < 1.29 is 12.8 Å². The highest BCUT2D eigenvalue weighted by Gasteiger charge is 2.34. The van der Waals surface area contributed by atoms with Crippen LogP contribution in [0.3, 0.4) is 0 Å². The maximum absolute atomic E-state index is 14.2. The molecule has 0 unspecified atom stereocenters. The average molecular weight is 400 g/mol. The van der Waals surface area contributed by atoms with Crippen LogP contribution in [-0.4, -0.2) is 14.0 Å². The molecular formula is C13H17BrClFN2O2S. The molecule has 0 aliphatic heterocycles. The third-order valence-corrected chi connectivity index (χ3v) is 6.80. The van der Waals surface area contributed by atoms with Gasteiger partial charge in [-0.1, -0.05) is 30.9 Å². The first-order chi connectivity index (χ1) is 9.66. The highest BCUT2D eigenvalue weighted by Crippen LogP contribution is 2.36. The summed E-state index contributed by atoms with van der Waals surface area (Å²) < 4.78 is 41.9. The van der Waals surface area contributed by atoms with Crippen LogP contribution in [0.5, 0.6) is 0 Å². The van der Waals surface area contributed by atoms with E-state index in [2.05, 4.69) is 20.7 Å². The minimum absolute atomic E-state index is 0.0584. The first kappa shape index (κ1) is 17.0. The summed E-state index contributed by atoms with van der Waals surface area (Å²) in [5.74, 6) is -0.988. The molecule has 118 valence electrons. The minimum atomic E-state index is -4.02. The Labute approximate surface area is 137 Å². The van der Waals surface area contributed by atoms with Gasteiger partial charge in [0.25, 0.3) is 0 Å². The standard InChI is InChI=1S/C13H17BrClFN2O2S/c1-13(5-3-2-4-6-13)18-21(19,20)9-7-8(15)10(14)12(17)11(9)16/h7,18H,2-6,17H2,1H3. The Morgan fingerprint density at radius 2 is 1.95 bits per heavy atom. The molecular weight excluding hydrogens is 383 g/mol. The number of nitrogen functional groups attached to an aromatic ring is 1. The van der Waals surface area contributed by atoms with E-state index < -0.39 is 26.3 Å². The summed E-state index contributed by atoms with van der Waals surface area (Å²) >= 11 is 8.92. The van der Waals surface area contributed by atoms with Gasteiger partial charge in [0.05, 0.1) is 15.2 Å². The normalized spacial score (nSPS) is 18.7. The van der Waals surface area contributed by atoms with E-state index in [9.17, 15) is 12.8 Å². The van der Waals surface area contributed by atoms with Crippen LogP contribution in [0.4, 0.5) is 10.1 Å². The first-order valence-corrected chi connectivity index (χ1v) is 9.29. The fraction of sp³-hybridized carbons (Fsp3) is 0.538. The van der Waals surface area contributed by atoms with E-state index in [0.29, 0.717) is 0 Å². The molecule has 0 atom stereocenters. The van der Waals surface area contributed by atoms with Crippen molar-refractivity contribution in [1.29, 1.82) is 0 Å². The summed E-state index contributed by atoms with van der Waals surface area (Å²) in [6.07, 6.45) is 4.44. The van der Waals surface area contributed by atoms with Gasteiger partial charge in [-0.15, -0.1) is 0 Å². The Kier molecular flexibility index (Phi) is 4.87. The Morgan fingerprint density at radius 1 is 1.38 bits per heavy atom. The predicted octanol–water partition coefficient (Wildman–Crippen LogP) is 3.82. The van der Waals surface area contributed by atoms with Gasteiger partial charge in [-0.2, -0.15) is 0 Å². The molecule has 1 fully saturated rings. The molecule has 21 heavy (non-hydrogen) atoms. The van der Waals surface area contributed by atoms with E-state index in [-0.39, 0.29) is 15.2 Å². The second kappa shape index (κ2) is 6.02. The second-order valence-electron chi connectivity index (χ2n) is 5.62. The zero-order valence-corrected chi connectivity index (χ0v) is 14.7. The third kappa shape index (κ3) is 3.52. The topological polar surface area (TPSA) is 72.2 Å². The van der Waals surface area contributed by atoms with Gasteiger partial charge in [-0.3, -0.25) is 0 Å². The lowest BCUT2D eigenvalue weighted by Gasteiger charge is -2.34. The molecule has 8 heteroatoms. The lowest BCUT2D eigenvalue weighted by atomic mass is 9.84. The van der Waals surface area contributed by atoms with Crippen LogP contribution < -0.4 is 10.5 Å². The molecule has 0 radical (unpaired) electrons. The van der Waals surface area contributed by atoms with Crippen LogP contribution in [0.2, 0.25) is 5.02 Å². The second-order valence-corrected chi connectivity index (χ2v) is 8.48. The first-order valence-electron chi connectivity index (χ1n) is 6.63. The molecule has 1 aliphatic carbocycles. The van der Waals surface area contributed by atoms with Crippen LogP contribution in [0.1, 0.15) is 39.0 Å². The summed E-state index contributed by atoms with van der Waals surface area (Å²) in [6.45, 7) is 1.84. The SMILES string of the molecule is CC1(NS(=O)(=O)c2cc(Cl)c(Br)c(N)c2F)CCCCC1. The number of rotatable bonds is 3. The zero-order chi connectivity index (χ0) is 15.8. The molecule has 1 aliphatic rings. The number of halogens is 3. The molecule has 4 nitrogen and oxygen atoms in total. The van der Waals surface area contributed by atoms with Gasteiger partial charge in [-0.25, -0.2) is 17.5 Å². The largest absolute Gasteiger partial charge is 0.395 e. The van der Waals surface area contributed by atoms with Gasteiger partial charge in [0.2, 0.25) is 10.0 Å². The molecule has 0 bridgehead atoms. The van der Waals surface area contributed by atoms with E-state index in [0.717, 1.165) is 38.2 Å². The number of benzene rings is 1. The molecule has 0 heterocycles. The van der Waals surface area contributed by atoms with Crippen LogP contribution >= 0.6 is 27.5 Å². The Hall–Kier alpha value is -0.370. The van der Waals surface area contributed by atoms with Crippen molar-refractivity contribution in [3.63, 3.8) is 0 Å². The van der Waals surface area contributed by atoms with Crippen LogP contribution in [-0.2, 0) is 10.0 Å². The third-order valence-electron chi connectivity index (χ3n) is 3.78. The minimum Gasteiger partial charge on any atom is -0.395 e. The Bertz CT molecular complexity index is 661. The smallest absolute Gasteiger partial charge is 0.244 e. The highest BCUT2D eigenvalue weighted by atomic mass is 79.9. The maximum atomic E-state index is 14.2. The van der Waals surface area contributed by atoms with Crippen molar-refractivity contribution in [2.45, 2.75) is 49.5 Å². The number of sulfonamides is 1. The molecule has 1 aromatic rings. The fourth-order valence-corrected chi connectivity index (χ4v) is 4.75. The van der Waals surface area contributed by atoms with Gasteiger partial charge in [0.1, 0.15) is 4.90 Å². The number of nitrogens with one attached hydrogen (secondary N) is 1. The monoisotopic (exact) mass is 398 g/mol. The lowest BCUT2D eigenvalue weighted by Crippen LogP contribution is -2.47. The molecule has 2 rings (SSSR count). The van der Waals surface area contributed by atoms with Gasteiger partial charge >= 0.3 is 0 Å². The van der Waals surface area contributed by atoms with Crippen LogP contribution in [0, 0.1) is 5.82 Å². The molecule has 0 aromatic heterocycles. The number of nitrogens with two attached hydrogens (primary N) is 1. The predicted molar refractivity (Wildman–Crippen MR) is 85.3 cm³/mol. The van der Waals surface area contributed by atoms with E-state index in [1.54, 1.807) is 0 Å². The summed E-state index contributed by atoms with van der Waals surface area (Å²) in [4.78, 5) is -0.514. The Morgan fingerprint density at radius 3 is 2.52 bits per heavy atom. The average Bonchev–Trinajstić information content (AvgIpc) is 2.40. The molecule has 0 saturated heterocycles. The summed E-state index contributed by atoms with van der Waals surface area (Å²) in [7, 11) is -4.02. The lowest BCUT2D eigenvalue weighted by molar-refractivity contribution is 0.293. The van der Waals surface area contributed by atoms with Crippen molar-refractivity contribution in [3.05, 3.63) is 21.4 Å². The van der Waals surface area contributed by atoms with Gasteiger partial charge in [0.15, 0.2) is 5.82 Å². The van der Waals surface area contributed by atoms with Gasteiger partial charge < -0.3 is 5.73 Å². The number of hydrogen-bond acceptors (Lipinski definition) is 3. The van der Waals surface area contributed by atoms with Crippen LogP contribution in [0.15, 0.2) is 15.4 Å². The fourth-order valence-electron chi connectivity index (χ4n) is 2.61. The zero-order valence-electron chi connectivity index (χ0n) is 11.5. The van der Waals surface area contributed by atoms with Crippen LogP contribution in [0.25, 0.3) is 0 Å². The van der Waals surface area contributed by atoms with Crippen molar-refractivity contribution in [2.75, 3.05) is 5.73 Å². The maximum Gasteiger partial charge on any atom is 0.244 e. The van der Waals surface area contributed by atoms with Crippen molar-refractivity contribution in [2.24, 2.45) is 0 Å². The van der Waals surface area contributed by atoms with E-state index in [1.807, 2.05) is 6.92 Å². The van der Waals surface area contributed by atoms with E-state index in [4.69, 9.17) is 17.3 Å². The van der Waals surface area contributed by atoms with Gasteiger partial charge in [-0.05, 0) is 41.8 Å². The Balaban J connectivity index is 2.40. The number of anilines is 1. The van der Waals surface area contributed by atoms with E-state index >= 15 is 0 Å².